The van der Waals surface area contributed by atoms with Crippen LogP contribution in [0.3, 0.4) is 0 Å². The molecule has 0 amide bonds. The molecule has 17 heavy (non-hydrogen) atoms. The van der Waals surface area contributed by atoms with Gasteiger partial charge in [-0.3, -0.25) is 4.79 Å². The van der Waals surface area contributed by atoms with E-state index in [4.69, 9.17) is 4.74 Å². The lowest BCUT2D eigenvalue weighted by Crippen LogP contribution is -2.46. The molecule has 0 aromatic carbocycles. The molecule has 0 spiro atoms. The smallest absolute Gasteiger partial charge is 0.311 e. The van der Waals surface area contributed by atoms with Gasteiger partial charge in [-0.25, -0.2) is 0 Å². The first-order valence-corrected chi connectivity index (χ1v) is 6.47. The Labute approximate surface area is 103 Å². The van der Waals surface area contributed by atoms with E-state index in [-0.39, 0.29) is 0 Å². The average molecular weight is 241 g/mol. The van der Waals surface area contributed by atoms with Crippen LogP contribution in [0.4, 0.5) is 0 Å². The third kappa shape index (κ3) is 2.80. The zero-order valence-electron chi connectivity index (χ0n) is 10.9. The summed E-state index contributed by atoms with van der Waals surface area (Å²) < 4.78 is 5.30. The van der Waals surface area contributed by atoms with Crippen LogP contribution in [0.25, 0.3) is 0 Å². The van der Waals surface area contributed by atoms with Gasteiger partial charge in [0, 0.05) is 26.3 Å². The van der Waals surface area contributed by atoms with Crippen LogP contribution in [0.5, 0.6) is 0 Å². The van der Waals surface area contributed by atoms with Gasteiger partial charge in [0.05, 0.1) is 5.41 Å². The van der Waals surface area contributed by atoms with E-state index in [1.165, 1.54) is 6.42 Å². The molecule has 0 aliphatic carbocycles. The second-order valence-corrected chi connectivity index (χ2v) is 6.32. The number of carbonyl (C=O) groups is 1. The maximum atomic E-state index is 11.5. The number of nitrogens with zero attached hydrogens (tertiary/aromatic N) is 1. The maximum absolute atomic E-state index is 11.5. The van der Waals surface area contributed by atoms with Gasteiger partial charge >= 0.3 is 5.97 Å². The zero-order chi connectivity index (χ0) is 12.5. The van der Waals surface area contributed by atoms with E-state index in [0.717, 1.165) is 13.1 Å². The summed E-state index contributed by atoms with van der Waals surface area (Å²) in [5.74, 6) is -0.648. The third-order valence-corrected chi connectivity index (χ3v) is 4.19. The average Bonchev–Trinajstić information content (AvgIpc) is 2.59. The second kappa shape index (κ2) is 4.58. The monoisotopic (exact) mass is 241 g/mol. The molecule has 4 heteroatoms. The summed E-state index contributed by atoms with van der Waals surface area (Å²) in [6.45, 7) is 8.42. The first kappa shape index (κ1) is 12.8. The van der Waals surface area contributed by atoms with Crippen molar-refractivity contribution in [1.29, 1.82) is 0 Å². The largest absolute Gasteiger partial charge is 0.481 e. The molecule has 0 bridgehead atoms. The fourth-order valence-corrected chi connectivity index (χ4v) is 2.99. The normalized spacial score (nSPS) is 28.1. The third-order valence-electron chi connectivity index (χ3n) is 4.19. The molecule has 2 aliphatic heterocycles. The van der Waals surface area contributed by atoms with Gasteiger partial charge in [0.25, 0.3) is 0 Å². The summed E-state index contributed by atoms with van der Waals surface area (Å²) in [5.41, 5.74) is -0.233. The van der Waals surface area contributed by atoms with E-state index in [1.807, 2.05) is 0 Å². The summed E-state index contributed by atoms with van der Waals surface area (Å²) in [6.07, 6.45) is 2.47. The molecule has 0 aromatic heterocycles. The molecule has 2 saturated heterocycles. The van der Waals surface area contributed by atoms with Crippen LogP contribution in [0.1, 0.15) is 33.1 Å². The lowest BCUT2D eigenvalue weighted by molar-refractivity contribution is -0.156. The molecule has 0 atom stereocenters. The van der Waals surface area contributed by atoms with E-state index < -0.39 is 11.4 Å². The van der Waals surface area contributed by atoms with Crippen molar-refractivity contribution in [2.75, 3.05) is 32.8 Å². The number of carboxylic acid groups (broad SMARTS) is 1. The highest BCUT2D eigenvalue weighted by atomic mass is 16.5. The van der Waals surface area contributed by atoms with Crippen molar-refractivity contribution in [1.82, 2.24) is 4.90 Å². The van der Waals surface area contributed by atoms with Crippen molar-refractivity contribution in [3.63, 3.8) is 0 Å². The predicted molar refractivity (Wildman–Crippen MR) is 65.0 cm³/mol. The van der Waals surface area contributed by atoms with E-state index in [1.54, 1.807) is 0 Å². The predicted octanol–water partition coefficient (Wildman–Crippen LogP) is 1.60. The maximum Gasteiger partial charge on any atom is 0.311 e. The van der Waals surface area contributed by atoms with Crippen LogP contribution >= 0.6 is 0 Å². The molecular formula is C13H23NO3. The number of ether oxygens (including phenoxy) is 1. The van der Waals surface area contributed by atoms with Crippen molar-refractivity contribution in [3.8, 4) is 0 Å². The fourth-order valence-electron chi connectivity index (χ4n) is 2.99. The first-order chi connectivity index (χ1) is 7.94. The van der Waals surface area contributed by atoms with Gasteiger partial charge in [0.15, 0.2) is 0 Å². The van der Waals surface area contributed by atoms with Crippen molar-refractivity contribution in [2.24, 2.45) is 10.8 Å². The summed E-state index contributed by atoms with van der Waals surface area (Å²) in [7, 11) is 0. The minimum Gasteiger partial charge on any atom is -0.481 e. The molecule has 0 saturated carbocycles. The van der Waals surface area contributed by atoms with Crippen LogP contribution in [0, 0.1) is 10.8 Å². The molecule has 2 aliphatic rings. The molecule has 0 aromatic rings. The topological polar surface area (TPSA) is 49.8 Å². The van der Waals surface area contributed by atoms with Crippen LogP contribution in [0.15, 0.2) is 0 Å². The van der Waals surface area contributed by atoms with E-state index in [0.29, 0.717) is 38.0 Å². The van der Waals surface area contributed by atoms with Crippen molar-refractivity contribution >= 4 is 5.97 Å². The van der Waals surface area contributed by atoms with E-state index in [2.05, 4.69) is 18.7 Å². The molecule has 1 N–H and O–H groups in total. The lowest BCUT2D eigenvalue weighted by Gasteiger charge is -2.36. The number of aliphatic carboxylic acids is 1. The van der Waals surface area contributed by atoms with Gasteiger partial charge in [-0.15, -0.1) is 0 Å². The molecule has 0 radical (unpaired) electrons. The SMILES string of the molecule is CC1(C)CCN(CC2(C(=O)O)CCOCC2)C1. The van der Waals surface area contributed by atoms with Gasteiger partial charge in [-0.05, 0) is 31.2 Å². The van der Waals surface area contributed by atoms with Gasteiger partial charge in [-0.1, -0.05) is 13.8 Å². The van der Waals surface area contributed by atoms with E-state index in [9.17, 15) is 9.90 Å². The van der Waals surface area contributed by atoms with Crippen molar-refractivity contribution in [2.45, 2.75) is 33.1 Å². The molecule has 98 valence electrons. The fraction of sp³-hybridized carbons (Fsp3) is 0.923. The number of hydrogen-bond acceptors (Lipinski definition) is 3. The molecule has 2 rings (SSSR count). The number of hydrogen-bond donors (Lipinski definition) is 1. The number of carboxylic acids is 1. The molecule has 2 fully saturated rings. The summed E-state index contributed by atoms with van der Waals surface area (Å²) in [5, 5.41) is 9.50. The molecular weight excluding hydrogens is 218 g/mol. The van der Waals surface area contributed by atoms with Crippen molar-refractivity contribution < 1.29 is 14.6 Å². The Bertz CT molecular complexity index is 295. The summed E-state index contributed by atoms with van der Waals surface area (Å²) >= 11 is 0. The van der Waals surface area contributed by atoms with Gasteiger partial charge in [-0.2, -0.15) is 0 Å². The van der Waals surface area contributed by atoms with Crippen LogP contribution in [-0.2, 0) is 9.53 Å². The Kier molecular flexibility index (Phi) is 3.46. The Morgan fingerprint density at radius 1 is 1.29 bits per heavy atom. The quantitative estimate of drug-likeness (QED) is 0.815. The van der Waals surface area contributed by atoms with Gasteiger partial charge in [0.2, 0.25) is 0 Å². The number of rotatable bonds is 3. The Morgan fingerprint density at radius 2 is 1.94 bits per heavy atom. The molecule has 2 heterocycles. The minimum atomic E-state index is -0.648. The van der Waals surface area contributed by atoms with Crippen LogP contribution in [0.2, 0.25) is 0 Å². The highest BCUT2D eigenvalue weighted by molar-refractivity contribution is 5.75. The van der Waals surface area contributed by atoms with Crippen LogP contribution < -0.4 is 0 Å². The van der Waals surface area contributed by atoms with Crippen LogP contribution in [-0.4, -0.2) is 48.8 Å². The molecule has 0 unspecified atom stereocenters. The first-order valence-electron chi connectivity index (χ1n) is 6.47. The Balaban J connectivity index is 2.01. The Morgan fingerprint density at radius 3 is 2.41 bits per heavy atom. The minimum absolute atomic E-state index is 0.338. The summed E-state index contributed by atoms with van der Waals surface area (Å²) in [6, 6.07) is 0. The lowest BCUT2D eigenvalue weighted by atomic mass is 9.79. The molecule has 4 nitrogen and oxygen atoms in total. The van der Waals surface area contributed by atoms with Gasteiger partial charge in [0.1, 0.15) is 0 Å². The zero-order valence-corrected chi connectivity index (χ0v) is 10.9. The second-order valence-electron chi connectivity index (χ2n) is 6.32. The summed E-state index contributed by atoms with van der Waals surface area (Å²) in [4.78, 5) is 13.9. The number of likely N-dealkylation sites (tertiary alicyclic amines) is 1. The van der Waals surface area contributed by atoms with Gasteiger partial charge < -0.3 is 14.7 Å². The highest BCUT2D eigenvalue weighted by Crippen LogP contribution is 2.36. The van der Waals surface area contributed by atoms with Crippen molar-refractivity contribution in [3.05, 3.63) is 0 Å². The Hall–Kier alpha value is -0.610. The highest BCUT2D eigenvalue weighted by Gasteiger charge is 2.43. The standard InChI is InChI=1S/C13H23NO3/c1-12(2)3-6-14(9-12)10-13(11(15)16)4-7-17-8-5-13/h3-10H2,1-2H3,(H,15,16). The van der Waals surface area contributed by atoms with E-state index >= 15 is 0 Å².